The van der Waals surface area contributed by atoms with Crippen molar-refractivity contribution in [1.82, 2.24) is 10.4 Å². The van der Waals surface area contributed by atoms with Gasteiger partial charge in [0.25, 0.3) is 5.91 Å². The fourth-order valence-electron chi connectivity index (χ4n) is 1.65. The standard InChI is InChI=1S/C16H17N3O2/c1-12-6-5-8-15(10-12)21-13(2)16(20)19-18-11-14-7-3-4-9-17-14/h3-11,13H,1-2H3,(H,19,20)/b18-11+/t13-/m0/s1. The van der Waals surface area contributed by atoms with Crippen molar-refractivity contribution in [3.05, 3.63) is 59.9 Å². The molecule has 0 radical (unpaired) electrons. The molecule has 1 aromatic heterocycles. The first-order valence-electron chi connectivity index (χ1n) is 6.62. The average Bonchev–Trinajstić information content (AvgIpc) is 2.48. The number of benzene rings is 1. The maximum atomic E-state index is 11.9. The molecule has 2 rings (SSSR count). The van der Waals surface area contributed by atoms with Gasteiger partial charge < -0.3 is 4.74 Å². The summed E-state index contributed by atoms with van der Waals surface area (Å²) in [6.45, 7) is 3.64. The van der Waals surface area contributed by atoms with Gasteiger partial charge in [-0.15, -0.1) is 0 Å². The first-order valence-corrected chi connectivity index (χ1v) is 6.62. The van der Waals surface area contributed by atoms with E-state index in [0.717, 1.165) is 5.56 Å². The second-order valence-electron chi connectivity index (χ2n) is 4.57. The van der Waals surface area contributed by atoms with E-state index in [4.69, 9.17) is 4.74 Å². The predicted octanol–water partition coefficient (Wildman–Crippen LogP) is 2.31. The molecule has 1 atom stereocenters. The summed E-state index contributed by atoms with van der Waals surface area (Å²) in [6, 6.07) is 13.0. The van der Waals surface area contributed by atoms with Crippen molar-refractivity contribution in [2.75, 3.05) is 0 Å². The van der Waals surface area contributed by atoms with Crippen molar-refractivity contribution in [2.24, 2.45) is 5.10 Å². The van der Waals surface area contributed by atoms with Gasteiger partial charge in [0.15, 0.2) is 6.10 Å². The number of nitrogens with one attached hydrogen (secondary N) is 1. The van der Waals surface area contributed by atoms with Crippen LogP contribution in [-0.2, 0) is 4.79 Å². The second-order valence-corrected chi connectivity index (χ2v) is 4.57. The van der Waals surface area contributed by atoms with E-state index in [2.05, 4.69) is 15.5 Å². The van der Waals surface area contributed by atoms with Gasteiger partial charge in [-0.2, -0.15) is 5.10 Å². The summed E-state index contributed by atoms with van der Waals surface area (Å²) in [6.07, 6.45) is 2.51. The van der Waals surface area contributed by atoms with E-state index in [0.29, 0.717) is 11.4 Å². The van der Waals surface area contributed by atoms with Gasteiger partial charge in [-0.3, -0.25) is 9.78 Å². The van der Waals surface area contributed by atoms with Crippen LogP contribution < -0.4 is 10.2 Å². The molecule has 108 valence electrons. The third kappa shape index (κ3) is 4.72. The number of pyridine rings is 1. The SMILES string of the molecule is Cc1cccc(O[C@@H](C)C(=O)N/N=C/c2ccccn2)c1. The highest BCUT2D eigenvalue weighted by atomic mass is 16.5. The topological polar surface area (TPSA) is 63.6 Å². The average molecular weight is 283 g/mol. The highest BCUT2D eigenvalue weighted by Gasteiger charge is 2.13. The number of hydrogen-bond donors (Lipinski definition) is 1. The Kier molecular flexibility index (Phi) is 5.04. The van der Waals surface area contributed by atoms with E-state index in [1.54, 1.807) is 19.2 Å². The van der Waals surface area contributed by atoms with Crippen LogP contribution in [0.15, 0.2) is 53.8 Å². The molecule has 1 amide bonds. The summed E-state index contributed by atoms with van der Waals surface area (Å²) >= 11 is 0. The van der Waals surface area contributed by atoms with E-state index in [-0.39, 0.29) is 5.91 Å². The minimum Gasteiger partial charge on any atom is -0.481 e. The molecule has 0 aliphatic rings. The molecule has 1 N–H and O–H groups in total. The number of hydrogen-bond acceptors (Lipinski definition) is 4. The number of ether oxygens (including phenoxy) is 1. The summed E-state index contributed by atoms with van der Waals surface area (Å²) in [7, 11) is 0. The molecule has 0 spiro atoms. The quantitative estimate of drug-likeness (QED) is 0.676. The highest BCUT2D eigenvalue weighted by molar-refractivity contribution is 5.83. The Morgan fingerprint density at radius 2 is 2.19 bits per heavy atom. The number of aromatic nitrogens is 1. The van der Waals surface area contributed by atoms with Crippen LogP contribution in [0.1, 0.15) is 18.2 Å². The summed E-state index contributed by atoms with van der Waals surface area (Å²) < 4.78 is 5.56. The third-order valence-corrected chi connectivity index (χ3v) is 2.73. The zero-order valence-corrected chi connectivity index (χ0v) is 12.0. The van der Waals surface area contributed by atoms with Crippen LogP contribution in [0.4, 0.5) is 0 Å². The normalized spacial score (nSPS) is 12.1. The van der Waals surface area contributed by atoms with Crippen molar-refractivity contribution in [1.29, 1.82) is 0 Å². The molecule has 0 saturated carbocycles. The molecular weight excluding hydrogens is 266 g/mol. The van der Waals surface area contributed by atoms with Crippen LogP contribution >= 0.6 is 0 Å². The Balaban J connectivity index is 1.87. The minimum absolute atomic E-state index is 0.316. The zero-order valence-electron chi connectivity index (χ0n) is 12.0. The molecule has 21 heavy (non-hydrogen) atoms. The fraction of sp³-hybridized carbons (Fsp3) is 0.188. The number of carbonyl (C=O) groups excluding carboxylic acids is 1. The first kappa shape index (κ1) is 14.7. The smallest absolute Gasteiger partial charge is 0.280 e. The van der Waals surface area contributed by atoms with Crippen LogP contribution in [0.3, 0.4) is 0 Å². The van der Waals surface area contributed by atoms with Crippen LogP contribution in [-0.4, -0.2) is 23.2 Å². The molecule has 0 aliphatic heterocycles. The monoisotopic (exact) mass is 283 g/mol. The van der Waals surface area contributed by atoms with Crippen molar-refractivity contribution in [3.63, 3.8) is 0 Å². The van der Waals surface area contributed by atoms with Crippen molar-refractivity contribution in [2.45, 2.75) is 20.0 Å². The van der Waals surface area contributed by atoms with Gasteiger partial charge in [0.05, 0.1) is 11.9 Å². The van der Waals surface area contributed by atoms with Gasteiger partial charge in [-0.1, -0.05) is 18.2 Å². The largest absolute Gasteiger partial charge is 0.481 e. The van der Waals surface area contributed by atoms with Crippen LogP contribution in [0.2, 0.25) is 0 Å². The number of carbonyl (C=O) groups is 1. The van der Waals surface area contributed by atoms with Gasteiger partial charge in [-0.25, -0.2) is 5.43 Å². The second kappa shape index (κ2) is 7.19. The highest BCUT2D eigenvalue weighted by Crippen LogP contribution is 2.14. The van der Waals surface area contributed by atoms with Gasteiger partial charge in [0.2, 0.25) is 0 Å². The molecule has 0 bridgehead atoms. The molecule has 1 heterocycles. The van der Waals surface area contributed by atoms with E-state index in [1.165, 1.54) is 6.21 Å². The molecule has 0 saturated heterocycles. The Labute approximate surface area is 123 Å². The first-order chi connectivity index (χ1) is 10.1. The molecular formula is C16H17N3O2. The molecule has 5 heteroatoms. The fourth-order valence-corrected chi connectivity index (χ4v) is 1.65. The van der Waals surface area contributed by atoms with Crippen LogP contribution in [0.5, 0.6) is 5.75 Å². The number of amides is 1. The number of aryl methyl sites for hydroxylation is 1. The lowest BCUT2D eigenvalue weighted by molar-refractivity contribution is -0.127. The van der Waals surface area contributed by atoms with Crippen molar-refractivity contribution >= 4 is 12.1 Å². The van der Waals surface area contributed by atoms with E-state index < -0.39 is 6.10 Å². The molecule has 5 nitrogen and oxygen atoms in total. The summed E-state index contributed by atoms with van der Waals surface area (Å²) in [5, 5.41) is 3.85. The van der Waals surface area contributed by atoms with Crippen LogP contribution in [0.25, 0.3) is 0 Å². The van der Waals surface area contributed by atoms with Crippen LogP contribution in [0, 0.1) is 6.92 Å². The minimum atomic E-state index is -0.632. The number of hydrazone groups is 1. The summed E-state index contributed by atoms with van der Waals surface area (Å²) in [4.78, 5) is 15.9. The Hall–Kier alpha value is -2.69. The Morgan fingerprint density at radius 1 is 1.33 bits per heavy atom. The Bertz CT molecular complexity index is 626. The summed E-state index contributed by atoms with van der Waals surface area (Å²) in [5.74, 6) is 0.343. The Morgan fingerprint density at radius 3 is 2.90 bits per heavy atom. The summed E-state index contributed by atoms with van der Waals surface area (Å²) in [5.41, 5.74) is 4.18. The molecule has 0 fully saturated rings. The molecule has 0 unspecified atom stereocenters. The van der Waals surface area contributed by atoms with Crippen molar-refractivity contribution < 1.29 is 9.53 Å². The van der Waals surface area contributed by atoms with Gasteiger partial charge >= 0.3 is 0 Å². The van der Waals surface area contributed by atoms with E-state index >= 15 is 0 Å². The number of nitrogens with zero attached hydrogens (tertiary/aromatic N) is 2. The molecule has 1 aromatic carbocycles. The lowest BCUT2D eigenvalue weighted by Gasteiger charge is -2.13. The maximum Gasteiger partial charge on any atom is 0.280 e. The van der Waals surface area contributed by atoms with Crippen molar-refractivity contribution in [3.8, 4) is 5.75 Å². The lowest BCUT2D eigenvalue weighted by Crippen LogP contribution is -2.33. The molecule has 0 aliphatic carbocycles. The van der Waals surface area contributed by atoms with E-state index in [1.807, 2.05) is 43.3 Å². The van der Waals surface area contributed by atoms with E-state index in [9.17, 15) is 4.79 Å². The lowest BCUT2D eigenvalue weighted by atomic mass is 10.2. The molecule has 2 aromatic rings. The zero-order chi connectivity index (χ0) is 15.1. The maximum absolute atomic E-state index is 11.9. The van der Waals surface area contributed by atoms with Gasteiger partial charge in [-0.05, 0) is 43.7 Å². The van der Waals surface area contributed by atoms with Gasteiger partial charge in [0, 0.05) is 6.20 Å². The van der Waals surface area contributed by atoms with Gasteiger partial charge in [0.1, 0.15) is 5.75 Å². The third-order valence-electron chi connectivity index (χ3n) is 2.73. The predicted molar refractivity (Wildman–Crippen MR) is 81.2 cm³/mol. The number of rotatable bonds is 5.